The predicted molar refractivity (Wildman–Crippen MR) is 92.2 cm³/mol. The third-order valence-corrected chi connectivity index (χ3v) is 3.99. The smallest absolute Gasteiger partial charge is 0.221 e. The largest absolute Gasteiger partial charge is 0.342 e. The van der Waals surface area contributed by atoms with E-state index < -0.39 is 6.04 Å². The van der Waals surface area contributed by atoms with Crippen molar-refractivity contribution in [2.45, 2.75) is 18.9 Å². The van der Waals surface area contributed by atoms with E-state index in [0.29, 0.717) is 18.7 Å². The number of benzene rings is 1. The molecule has 1 aromatic carbocycles. The SMILES string of the molecule is Cn1ccnc1[C@H](NC(=O)CCc1cccnc1)c1ccc(F)cc1. The third-order valence-electron chi connectivity index (χ3n) is 3.99. The molecule has 5 nitrogen and oxygen atoms in total. The second-order valence-corrected chi connectivity index (χ2v) is 5.81. The predicted octanol–water partition coefficient (Wildman–Crippen LogP) is 2.79. The summed E-state index contributed by atoms with van der Waals surface area (Å²) in [5, 5.41) is 3.00. The maximum absolute atomic E-state index is 13.2. The average Bonchev–Trinajstić information content (AvgIpc) is 3.05. The standard InChI is InChI=1S/C19H19FN4O/c1-24-12-11-22-19(24)18(15-5-7-16(20)8-6-15)23-17(25)9-4-14-3-2-10-21-13-14/h2-3,5-8,10-13,18H,4,9H2,1H3,(H,23,25)/t18-/m1/s1. The summed E-state index contributed by atoms with van der Waals surface area (Å²) in [5.74, 6) is 0.285. The molecule has 1 N–H and O–H groups in total. The fourth-order valence-corrected chi connectivity index (χ4v) is 2.64. The lowest BCUT2D eigenvalue weighted by Gasteiger charge is -2.19. The van der Waals surface area contributed by atoms with Gasteiger partial charge in [-0.2, -0.15) is 0 Å². The Morgan fingerprint density at radius 3 is 2.68 bits per heavy atom. The molecule has 0 aliphatic heterocycles. The van der Waals surface area contributed by atoms with E-state index in [1.54, 1.807) is 30.7 Å². The Morgan fingerprint density at radius 1 is 1.24 bits per heavy atom. The number of pyridine rings is 1. The third kappa shape index (κ3) is 4.29. The van der Waals surface area contributed by atoms with Crippen LogP contribution in [0.1, 0.15) is 29.4 Å². The van der Waals surface area contributed by atoms with Crippen LogP contribution >= 0.6 is 0 Å². The summed E-state index contributed by atoms with van der Waals surface area (Å²) in [6, 6.07) is 9.45. The minimum absolute atomic E-state index is 0.0961. The number of rotatable bonds is 6. The van der Waals surface area contributed by atoms with E-state index in [1.807, 2.05) is 29.9 Å². The molecule has 0 bridgehead atoms. The Hall–Kier alpha value is -3.02. The summed E-state index contributed by atoms with van der Waals surface area (Å²) in [6.07, 6.45) is 7.89. The van der Waals surface area contributed by atoms with Crippen molar-refractivity contribution in [3.05, 3.63) is 84.0 Å². The van der Waals surface area contributed by atoms with Gasteiger partial charge < -0.3 is 9.88 Å². The molecule has 2 heterocycles. The molecule has 3 aromatic rings. The summed E-state index contributed by atoms with van der Waals surface area (Å²) in [5.41, 5.74) is 1.79. The number of nitrogens with zero attached hydrogens (tertiary/aromatic N) is 3. The van der Waals surface area contributed by atoms with Gasteiger partial charge in [-0.15, -0.1) is 0 Å². The Labute approximate surface area is 145 Å². The minimum atomic E-state index is -0.429. The molecule has 128 valence electrons. The van der Waals surface area contributed by atoms with Crippen LogP contribution in [0.3, 0.4) is 0 Å². The highest BCUT2D eigenvalue weighted by Crippen LogP contribution is 2.21. The van der Waals surface area contributed by atoms with Crippen LogP contribution in [-0.4, -0.2) is 20.4 Å². The zero-order valence-corrected chi connectivity index (χ0v) is 13.9. The molecule has 0 fully saturated rings. The van der Waals surface area contributed by atoms with Gasteiger partial charge in [-0.1, -0.05) is 18.2 Å². The lowest BCUT2D eigenvalue weighted by Crippen LogP contribution is -2.31. The number of imidazole rings is 1. The van der Waals surface area contributed by atoms with E-state index in [1.165, 1.54) is 12.1 Å². The van der Waals surface area contributed by atoms with Crippen LogP contribution in [0.25, 0.3) is 0 Å². The summed E-state index contributed by atoms with van der Waals surface area (Å²) < 4.78 is 15.1. The van der Waals surface area contributed by atoms with E-state index in [0.717, 1.165) is 11.1 Å². The van der Waals surface area contributed by atoms with Gasteiger partial charge in [0.15, 0.2) is 0 Å². The molecule has 3 rings (SSSR count). The van der Waals surface area contributed by atoms with E-state index in [2.05, 4.69) is 15.3 Å². The average molecular weight is 338 g/mol. The molecule has 0 aliphatic carbocycles. The number of nitrogens with one attached hydrogen (secondary N) is 1. The fraction of sp³-hybridized carbons (Fsp3) is 0.211. The molecule has 0 unspecified atom stereocenters. The Kier molecular flexibility index (Phi) is 5.18. The van der Waals surface area contributed by atoms with Crippen LogP contribution in [0, 0.1) is 5.82 Å². The summed E-state index contributed by atoms with van der Waals surface area (Å²) >= 11 is 0. The molecule has 0 spiro atoms. The molecule has 0 aliphatic rings. The maximum Gasteiger partial charge on any atom is 0.221 e. The molecule has 2 aromatic heterocycles. The Balaban J connectivity index is 1.74. The lowest BCUT2D eigenvalue weighted by molar-refractivity contribution is -0.121. The number of carbonyl (C=O) groups is 1. The van der Waals surface area contributed by atoms with Gasteiger partial charge in [-0.05, 0) is 35.7 Å². The van der Waals surface area contributed by atoms with Crippen LogP contribution in [0.2, 0.25) is 0 Å². The fourth-order valence-electron chi connectivity index (χ4n) is 2.64. The number of hydrogen-bond donors (Lipinski definition) is 1. The normalized spacial score (nSPS) is 11.9. The Bertz CT molecular complexity index is 830. The van der Waals surface area contributed by atoms with Crippen molar-refractivity contribution < 1.29 is 9.18 Å². The van der Waals surface area contributed by atoms with Gasteiger partial charge in [0, 0.05) is 38.3 Å². The number of halogens is 1. The molecule has 0 saturated heterocycles. The second kappa shape index (κ2) is 7.70. The zero-order valence-electron chi connectivity index (χ0n) is 13.9. The molecule has 25 heavy (non-hydrogen) atoms. The van der Waals surface area contributed by atoms with Crippen molar-refractivity contribution in [3.8, 4) is 0 Å². The van der Waals surface area contributed by atoms with Crippen molar-refractivity contribution in [2.75, 3.05) is 0 Å². The van der Waals surface area contributed by atoms with Crippen molar-refractivity contribution in [2.24, 2.45) is 7.05 Å². The van der Waals surface area contributed by atoms with Crippen LogP contribution in [0.15, 0.2) is 61.2 Å². The van der Waals surface area contributed by atoms with Gasteiger partial charge in [0.05, 0.1) is 0 Å². The first kappa shape index (κ1) is 16.8. The number of hydrogen-bond acceptors (Lipinski definition) is 3. The number of carbonyl (C=O) groups excluding carboxylic acids is 1. The van der Waals surface area contributed by atoms with Crippen molar-refractivity contribution in [1.82, 2.24) is 19.9 Å². The van der Waals surface area contributed by atoms with Crippen LogP contribution in [0.4, 0.5) is 4.39 Å². The molecular weight excluding hydrogens is 319 g/mol. The minimum Gasteiger partial charge on any atom is -0.342 e. The summed E-state index contributed by atoms with van der Waals surface area (Å²) in [4.78, 5) is 20.8. The highest BCUT2D eigenvalue weighted by molar-refractivity contribution is 5.77. The molecule has 0 radical (unpaired) electrons. The summed E-state index contributed by atoms with van der Waals surface area (Å²) in [6.45, 7) is 0. The van der Waals surface area contributed by atoms with Crippen LogP contribution in [-0.2, 0) is 18.3 Å². The lowest BCUT2D eigenvalue weighted by atomic mass is 10.1. The molecule has 0 saturated carbocycles. The second-order valence-electron chi connectivity index (χ2n) is 5.81. The quantitative estimate of drug-likeness (QED) is 0.752. The maximum atomic E-state index is 13.2. The molecule has 6 heteroatoms. The molecular formula is C19H19FN4O. The van der Waals surface area contributed by atoms with Crippen LogP contribution in [0.5, 0.6) is 0 Å². The van der Waals surface area contributed by atoms with Gasteiger partial charge in [0.25, 0.3) is 0 Å². The van der Waals surface area contributed by atoms with E-state index in [9.17, 15) is 9.18 Å². The number of amides is 1. The zero-order chi connectivity index (χ0) is 17.6. The van der Waals surface area contributed by atoms with Gasteiger partial charge >= 0.3 is 0 Å². The van der Waals surface area contributed by atoms with E-state index >= 15 is 0 Å². The molecule has 1 atom stereocenters. The van der Waals surface area contributed by atoms with Crippen molar-refractivity contribution >= 4 is 5.91 Å². The highest BCUT2D eigenvalue weighted by atomic mass is 19.1. The van der Waals surface area contributed by atoms with E-state index in [-0.39, 0.29) is 11.7 Å². The first-order valence-corrected chi connectivity index (χ1v) is 8.04. The van der Waals surface area contributed by atoms with Crippen molar-refractivity contribution in [3.63, 3.8) is 0 Å². The van der Waals surface area contributed by atoms with Gasteiger partial charge in [-0.25, -0.2) is 9.37 Å². The topological polar surface area (TPSA) is 59.8 Å². The number of aromatic nitrogens is 3. The van der Waals surface area contributed by atoms with Crippen molar-refractivity contribution in [1.29, 1.82) is 0 Å². The Morgan fingerprint density at radius 2 is 2.04 bits per heavy atom. The van der Waals surface area contributed by atoms with Gasteiger partial charge in [-0.3, -0.25) is 9.78 Å². The number of aryl methyl sites for hydroxylation is 2. The molecule has 1 amide bonds. The van der Waals surface area contributed by atoms with E-state index in [4.69, 9.17) is 0 Å². The van der Waals surface area contributed by atoms with Gasteiger partial charge in [0.2, 0.25) is 5.91 Å². The van der Waals surface area contributed by atoms with Gasteiger partial charge in [0.1, 0.15) is 17.7 Å². The highest BCUT2D eigenvalue weighted by Gasteiger charge is 2.20. The first-order chi connectivity index (χ1) is 12.1. The first-order valence-electron chi connectivity index (χ1n) is 8.04. The monoisotopic (exact) mass is 338 g/mol. The summed E-state index contributed by atoms with van der Waals surface area (Å²) in [7, 11) is 1.86. The van der Waals surface area contributed by atoms with Crippen LogP contribution < -0.4 is 5.32 Å².